The normalized spacial score (nSPS) is 12.4. The van der Waals surface area contributed by atoms with Gasteiger partial charge in [0.1, 0.15) is 5.60 Å². The molecule has 1 aromatic rings. The fourth-order valence-electron chi connectivity index (χ4n) is 1.59. The number of nitrogens with one attached hydrogen (secondary N) is 2. The Morgan fingerprint density at radius 3 is 2.43 bits per heavy atom. The predicted octanol–water partition coefficient (Wildman–Crippen LogP) is 3.46. The van der Waals surface area contributed by atoms with Crippen molar-refractivity contribution in [1.82, 2.24) is 10.6 Å². The van der Waals surface area contributed by atoms with Gasteiger partial charge >= 0.3 is 6.09 Å². The first kappa shape index (κ1) is 19.6. The van der Waals surface area contributed by atoms with Gasteiger partial charge in [0.15, 0.2) is 0 Å². The maximum absolute atomic E-state index is 12.0. The summed E-state index contributed by atoms with van der Waals surface area (Å²) in [7, 11) is 0. The minimum Gasteiger partial charge on any atom is -0.444 e. The Balaban J connectivity index is 2.28. The summed E-state index contributed by atoms with van der Waals surface area (Å²) in [5.41, 5.74) is -0.534. The van der Waals surface area contributed by atoms with E-state index in [1.165, 1.54) is 11.8 Å². The van der Waals surface area contributed by atoms with E-state index in [0.717, 1.165) is 4.90 Å². The van der Waals surface area contributed by atoms with Crippen LogP contribution in [0, 0.1) is 0 Å². The van der Waals surface area contributed by atoms with Gasteiger partial charge in [0.2, 0.25) is 5.91 Å². The van der Waals surface area contributed by atoms with E-state index in [9.17, 15) is 9.59 Å². The van der Waals surface area contributed by atoms with Crippen molar-refractivity contribution in [3.8, 4) is 0 Å². The van der Waals surface area contributed by atoms with Gasteiger partial charge in [-0.05, 0) is 39.8 Å². The number of thioether (sulfide) groups is 1. The lowest BCUT2D eigenvalue weighted by Gasteiger charge is -2.19. The van der Waals surface area contributed by atoms with Crippen molar-refractivity contribution >= 4 is 35.4 Å². The maximum Gasteiger partial charge on any atom is 0.407 e. The number of benzene rings is 1. The van der Waals surface area contributed by atoms with Crippen molar-refractivity contribution in [2.45, 2.75) is 43.4 Å². The minimum atomic E-state index is -0.534. The molecule has 0 saturated carbocycles. The quantitative estimate of drug-likeness (QED) is 0.603. The molecule has 0 aliphatic heterocycles. The molecule has 0 bridgehead atoms. The Kier molecular flexibility index (Phi) is 7.72. The van der Waals surface area contributed by atoms with Gasteiger partial charge in [-0.2, -0.15) is 0 Å². The predicted molar refractivity (Wildman–Crippen MR) is 94.0 cm³/mol. The minimum absolute atomic E-state index is 0.110. The van der Waals surface area contributed by atoms with Crippen LogP contribution >= 0.6 is 23.4 Å². The standard InChI is InChI=1S/C16H23ClN2O3S/c1-11(23-13-8-6-5-7-12(13)17)14(20)18-9-10-19-15(21)22-16(2,3)4/h5-8,11H,9-10H2,1-4H3,(H,18,20)(H,19,21). The second-order valence-electron chi connectivity index (χ2n) is 5.91. The van der Waals surface area contributed by atoms with Crippen LogP contribution in [0.2, 0.25) is 5.02 Å². The van der Waals surface area contributed by atoms with Crippen molar-refractivity contribution in [3.63, 3.8) is 0 Å². The number of carbonyl (C=O) groups is 2. The Labute approximate surface area is 146 Å². The van der Waals surface area contributed by atoms with Crippen LogP contribution in [0.5, 0.6) is 0 Å². The summed E-state index contributed by atoms with van der Waals surface area (Å²) in [6.45, 7) is 7.84. The Morgan fingerprint density at radius 2 is 1.83 bits per heavy atom. The number of hydrogen-bond acceptors (Lipinski definition) is 4. The summed E-state index contributed by atoms with van der Waals surface area (Å²) in [5, 5.41) is 5.70. The zero-order chi connectivity index (χ0) is 17.5. The van der Waals surface area contributed by atoms with Gasteiger partial charge in [0.25, 0.3) is 0 Å². The number of hydrogen-bond donors (Lipinski definition) is 2. The highest BCUT2D eigenvalue weighted by atomic mass is 35.5. The summed E-state index contributed by atoms with van der Waals surface area (Å²) in [5.74, 6) is -0.110. The first-order valence-electron chi connectivity index (χ1n) is 7.35. The number of carbonyl (C=O) groups excluding carboxylic acids is 2. The first-order chi connectivity index (χ1) is 10.7. The molecular formula is C16H23ClN2O3S. The molecule has 0 radical (unpaired) electrons. The molecule has 1 rings (SSSR count). The Hall–Kier alpha value is -1.40. The van der Waals surface area contributed by atoms with Gasteiger partial charge in [-0.15, -0.1) is 11.8 Å². The van der Waals surface area contributed by atoms with Crippen molar-refractivity contribution in [2.75, 3.05) is 13.1 Å². The smallest absolute Gasteiger partial charge is 0.407 e. The largest absolute Gasteiger partial charge is 0.444 e. The lowest BCUT2D eigenvalue weighted by Crippen LogP contribution is -2.39. The van der Waals surface area contributed by atoms with Crippen molar-refractivity contribution < 1.29 is 14.3 Å². The molecule has 0 saturated heterocycles. The van der Waals surface area contributed by atoms with E-state index in [1.807, 2.05) is 25.1 Å². The van der Waals surface area contributed by atoms with Crippen LogP contribution < -0.4 is 10.6 Å². The number of amides is 2. The first-order valence-corrected chi connectivity index (χ1v) is 8.60. The van der Waals surface area contributed by atoms with Gasteiger partial charge in [-0.25, -0.2) is 4.79 Å². The highest BCUT2D eigenvalue weighted by molar-refractivity contribution is 8.00. The zero-order valence-electron chi connectivity index (χ0n) is 13.8. The third-order valence-electron chi connectivity index (χ3n) is 2.60. The molecule has 0 fully saturated rings. The van der Waals surface area contributed by atoms with Crippen LogP contribution in [0.1, 0.15) is 27.7 Å². The molecule has 128 valence electrons. The van der Waals surface area contributed by atoms with E-state index < -0.39 is 11.7 Å². The second kappa shape index (κ2) is 9.03. The van der Waals surface area contributed by atoms with Crippen LogP contribution in [0.25, 0.3) is 0 Å². The molecule has 1 unspecified atom stereocenters. The Morgan fingerprint density at radius 1 is 1.22 bits per heavy atom. The Bertz CT molecular complexity index is 546. The summed E-state index contributed by atoms with van der Waals surface area (Å²) < 4.78 is 5.10. The molecule has 23 heavy (non-hydrogen) atoms. The van der Waals surface area contributed by atoms with E-state index in [2.05, 4.69) is 10.6 Å². The van der Waals surface area contributed by atoms with Crippen LogP contribution in [-0.4, -0.2) is 35.9 Å². The lowest BCUT2D eigenvalue weighted by atomic mass is 10.2. The van der Waals surface area contributed by atoms with Gasteiger partial charge in [0, 0.05) is 18.0 Å². The van der Waals surface area contributed by atoms with E-state index in [0.29, 0.717) is 18.1 Å². The molecular weight excluding hydrogens is 336 g/mol. The molecule has 0 aliphatic rings. The number of ether oxygens (including phenoxy) is 1. The highest BCUT2D eigenvalue weighted by Gasteiger charge is 2.17. The van der Waals surface area contributed by atoms with Crippen LogP contribution in [-0.2, 0) is 9.53 Å². The van der Waals surface area contributed by atoms with Crippen molar-refractivity contribution in [1.29, 1.82) is 0 Å². The third kappa shape index (κ3) is 8.13. The molecule has 0 spiro atoms. The zero-order valence-corrected chi connectivity index (χ0v) is 15.4. The summed E-state index contributed by atoms with van der Waals surface area (Å²) in [6, 6.07) is 7.39. The lowest BCUT2D eigenvalue weighted by molar-refractivity contribution is -0.120. The van der Waals surface area contributed by atoms with Crippen molar-refractivity contribution in [2.24, 2.45) is 0 Å². The fourth-order valence-corrected chi connectivity index (χ4v) is 2.77. The average molecular weight is 359 g/mol. The van der Waals surface area contributed by atoms with Gasteiger partial charge in [-0.1, -0.05) is 23.7 Å². The molecule has 1 atom stereocenters. The summed E-state index contributed by atoms with van der Waals surface area (Å²) in [6.07, 6.45) is -0.495. The highest BCUT2D eigenvalue weighted by Crippen LogP contribution is 2.29. The summed E-state index contributed by atoms with van der Waals surface area (Å²) in [4.78, 5) is 24.3. The summed E-state index contributed by atoms with van der Waals surface area (Å²) >= 11 is 7.47. The molecule has 1 aromatic carbocycles. The van der Waals surface area contributed by atoms with Gasteiger partial charge < -0.3 is 15.4 Å². The van der Waals surface area contributed by atoms with Crippen LogP contribution in [0.4, 0.5) is 4.79 Å². The van der Waals surface area contributed by atoms with E-state index in [4.69, 9.17) is 16.3 Å². The van der Waals surface area contributed by atoms with Crippen molar-refractivity contribution in [3.05, 3.63) is 29.3 Å². The molecule has 2 N–H and O–H groups in total. The molecule has 0 aromatic heterocycles. The fraction of sp³-hybridized carbons (Fsp3) is 0.500. The number of rotatable bonds is 6. The molecule has 5 nitrogen and oxygen atoms in total. The van der Waals surface area contributed by atoms with E-state index >= 15 is 0 Å². The van der Waals surface area contributed by atoms with Crippen LogP contribution in [0.3, 0.4) is 0 Å². The average Bonchev–Trinajstić information content (AvgIpc) is 2.44. The van der Waals surface area contributed by atoms with E-state index in [-0.39, 0.29) is 11.2 Å². The monoisotopic (exact) mass is 358 g/mol. The van der Waals surface area contributed by atoms with Crippen LogP contribution in [0.15, 0.2) is 29.2 Å². The second-order valence-corrected chi connectivity index (χ2v) is 7.70. The third-order valence-corrected chi connectivity index (χ3v) is 4.22. The topological polar surface area (TPSA) is 67.4 Å². The van der Waals surface area contributed by atoms with E-state index in [1.54, 1.807) is 26.8 Å². The maximum atomic E-state index is 12.0. The van der Waals surface area contributed by atoms with Gasteiger partial charge in [0.05, 0.1) is 10.3 Å². The van der Waals surface area contributed by atoms with Gasteiger partial charge in [-0.3, -0.25) is 4.79 Å². The number of halogens is 1. The molecule has 2 amide bonds. The molecule has 0 aliphatic carbocycles. The SMILES string of the molecule is CC(Sc1ccccc1Cl)C(=O)NCCNC(=O)OC(C)(C)C. The number of alkyl carbamates (subject to hydrolysis) is 1. The molecule has 0 heterocycles. The molecule has 7 heteroatoms.